The quantitative estimate of drug-likeness (QED) is 0.707. The van der Waals surface area contributed by atoms with Crippen LogP contribution in [0.1, 0.15) is 59.8 Å². The minimum Gasteiger partial charge on any atom is -0.444 e. The molecule has 1 rings (SSSR count). The molecule has 0 bridgehead atoms. The third kappa shape index (κ3) is 4.88. The van der Waals surface area contributed by atoms with Gasteiger partial charge in [0, 0.05) is 13.1 Å². The van der Waals surface area contributed by atoms with Gasteiger partial charge >= 0.3 is 6.09 Å². The van der Waals surface area contributed by atoms with Crippen LogP contribution in [0.2, 0.25) is 0 Å². The van der Waals surface area contributed by atoms with Gasteiger partial charge in [-0.25, -0.2) is 4.79 Å². The van der Waals surface area contributed by atoms with E-state index in [4.69, 9.17) is 4.74 Å². The van der Waals surface area contributed by atoms with Gasteiger partial charge in [-0.3, -0.25) is 0 Å². The van der Waals surface area contributed by atoms with Crippen LogP contribution in [0.5, 0.6) is 0 Å². The number of ether oxygens (including phenoxy) is 1. The van der Waals surface area contributed by atoms with E-state index in [0.717, 1.165) is 32.4 Å². The smallest absolute Gasteiger partial charge is 0.410 e. The molecule has 19 heavy (non-hydrogen) atoms. The molecule has 3 heteroatoms. The molecule has 110 valence electrons. The number of piperidine rings is 1. The second-order valence-electron chi connectivity index (χ2n) is 6.65. The maximum atomic E-state index is 12.0. The summed E-state index contributed by atoms with van der Waals surface area (Å²) in [5.74, 6) is 0. The average Bonchev–Trinajstić information content (AvgIpc) is 2.35. The maximum absolute atomic E-state index is 12.0. The Bertz CT molecular complexity index is 309. The highest BCUT2D eigenvalue weighted by Gasteiger charge is 2.35. The molecule has 0 aromatic rings. The van der Waals surface area contributed by atoms with Gasteiger partial charge in [-0.2, -0.15) is 0 Å². The van der Waals surface area contributed by atoms with E-state index in [1.807, 2.05) is 31.7 Å². The van der Waals surface area contributed by atoms with E-state index in [-0.39, 0.29) is 6.09 Å². The Labute approximate surface area is 118 Å². The number of carbonyl (C=O) groups is 1. The predicted octanol–water partition coefficient (Wildman–Crippen LogP) is 4.38. The number of amides is 1. The summed E-state index contributed by atoms with van der Waals surface area (Å²) >= 11 is 0. The molecule has 1 aliphatic heterocycles. The summed E-state index contributed by atoms with van der Waals surface area (Å²) in [6.07, 6.45) is 7.43. The molecule has 0 saturated carbocycles. The van der Waals surface area contributed by atoms with E-state index < -0.39 is 5.60 Å². The molecular weight excluding hydrogens is 238 g/mol. The zero-order valence-electron chi connectivity index (χ0n) is 13.0. The van der Waals surface area contributed by atoms with Crippen molar-refractivity contribution >= 4 is 6.09 Å². The van der Waals surface area contributed by atoms with Crippen molar-refractivity contribution in [3.05, 3.63) is 12.7 Å². The summed E-state index contributed by atoms with van der Waals surface area (Å²) in [6.45, 7) is 13.4. The molecule has 0 N–H and O–H groups in total. The van der Waals surface area contributed by atoms with Crippen LogP contribution in [0, 0.1) is 5.41 Å². The summed E-state index contributed by atoms with van der Waals surface area (Å²) in [7, 11) is 0. The van der Waals surface area contributed by atoms with Gasteiger partial charge in [0.05, 0.1) is 0 Å². The monoisotopic (exact) mass is 267 g/mol. The molecular formula is C16H29NO2. The van der Waals surface area contributed by atoms with Crippen LogP contribution in [-0.2, 0) is 4.74 Å². The lowest BCUT2D eigenvalue weighted by Gasteiger charge is -2.41. The number of hydrogen-bond acceptors (Lipinski definition) is 2. The summed E-state index contributed by atoms with van der Waals surface area (Å²) in [6, 6.07) is 0. The van der Waals surface area contributed by atoms with Gasteiger partial charge in [0.25, 0.3) is 0 Å². The lowest BCUT2D eigenvalue weighted by molar-refractivity contribution is 0.00841. The molecule has 0 radical (unpaired) electrons. The van der Waals surface area contributed by atoms with E-state index >= 15 is 0 Å². The molecule has 1 saturated heterocycles. The summed E-state index contributed by atoms with van der Waals surface area (Å²) in [5.41, 5.74) is -0.00802. The number of likely N-dealkylation sites (tertiary alicyclic amines) is 1. The Morgan fingerprint density at radius 1 is 1.37 bits per heavy atom. The minimum absolute atomic E-state index is 0.166. The van der Waals surface area contributed by atoms with Crippen molar-refractivity contribution in [2.45, 2.75) is 65.4 Å². The first-order chi connectivity index (χ1) is 8.82. The second kappa shape index (κ2) is 6.44. The third-order valence-electron chi connectivity index (χ3n) is 4.10. The molecule has 1 heterocycles. The third-order valence-corrected chi connectivity index (χ3v) is 4.10. The van der Waals surface area contributed by atoms with Gasteiger partial charge < -0.3 is 9.64 Å². The molecule has 1 aliphatic rings. The van der Waals surface area contributed by atoms with E-state index in [0.29, 0.717) is 5.41 Å². The Kier molecular flexibility index (Phi) is 5.45. The standard InChI is InChI=1S/C16H29NO2/c1-6-8-9-16(7-2)10-12-17(13-11-16)14(18)19-15(3,4)5/h6H,1,7-13H2,2-5H3. The summed E-state index contributed by atoms with van der Waals surface area (Å²) in [4.78, 5) is 13.9. The molecule has 0 spiro atoms. The normalized spacial score (nSPS) is 19.1. The zero-order chi connectivity index (χ0) is 14.5. The van der Waals surface area contributed by atoms with Gasteiger partial charge in [0.15, 0.2) is 0 Å². The van der Waals surface area contributed by atoms with Crippen LogP contribution in [0.25, 0.3) is 0 Å². The molecule has 0 unspecified atom stereocenters. The summed E-state index contributed by atoms with van der Waals surface area (Å²) in [5, 5.41) is 0. The van der Waals surface area contributed by atoms with Crippen molar-refractivity contribution in [2.75, 3.05) is 13.1 Å². The topological polar surface area (TPSA) is 29.5 Å². The van der Waals surface area contributed by atoms with Crippen LogP contribution in [-0.4, -0.2) is 29.7 Å². The fourth-order valence-corrected chi connectivity index (χ4v) is 2.68. The van der Waals surface area contributed by atoms with E-state index in [1.165, 1.54) is 12.8 Å². The van der Waals surface area contributed by atoms with Crippen LogP contribution in [0.3, 0.4) is 0 Å². The molecule has 0 atom stereocenters. The molecule has 0 aromatic carbocycles. The molecule has 1 amide bonds. The fraction of sp³-hybridized carbons (Fsp3) is 0.812. The lowest BCUT2D eigenvalue weighted by Crippen LogP contribution is -2.45. The Hall–Kier alpha value is -0.990. The van der Waals surface area contributed by atoms with E-state index in [1.54, 1.807) is 0 Å². The van der Waals surface area contributed by atoms with Crippen LogP contribution < -0.4 is 0 Å². The van der Waals surface area contributed by atoms with Crippen LogP contribution in [0.15, 0.2) is 12.7 Å². The second-order valence-corrected chi connectivity index (χ2v) is 6.65. The Morgan fingerprint density at radius 3 is 2.37 bits per heavy atom. The van der Waals surface area contributed by atoms with Crippen molar-refractivity contribution in [2.24, 2.45) is 5.41 Å². The van der Waals surface area contributed by atoms with Gasteiger partial charge in [-0.05, 0) is 51.9 Å². The largest absolute Gasteiger partial charge is 0.444 e. The Morgan fingerprint density at radius 2 is 1.95 bits per heavy atom. The zero-order valence-corrected chi connectivity index (χ0v) is 13.0. The number of rotatable bonds is 4. The predicted molar refractivity (Wildman–Crippen MR) is 79.2 cm³/mol. The molecule has 1 fully saturated rings. The first kappa shape index (κ1) is 16.1. The fourth-order valence-electron chi connectivity index (χ4n) is 2.68. The van der Waals surface area contributed by atoms with Crippen LogP contribution >= 0.6 is 0 Å². The van der Waals surface area contributed by atoms with Gasteiger partial charge in [0.1, 0.15) is 5.60 Å². The SMILES string of the molecule is C=CCCC1(CC)CCN(C(=O)OC(C)(C)C)CC1. The lowest BCUT2D eigenvalue weighted by atomic mass is 9.73. The Balaban J connectivity index is 2.51. The summed E-state index contributed by atoms with van der Waals surface area (Å²) < 4.78 is 5.43. The van der Waals surface area contributed by atoms with Crippen LogP contribution in [0.4, 0.5) is 4.79 Å². The first-order valence-corrected chi connectivity index (χ1v) is 7.41. The van der Waals surface area contributed by atoms with Gasteiger partial charge in [-0.1, -0.05) is 19.4 Å². The average molecular weight is 267 g/mol. The number of allylic oxidation sites excluding steroid dienone is 1. The van der Waals surface area contributed by atoms with Crippen molar-refractivity contribution in [3.8, 4) is 0 Å². The minimum atomic E-state index is -0.404. The van der Waals surface area contributed by atoms with E-state index in [2.05, 4.69) is 13.5 Å². The number of hydrogen-bond donors (Lipinski definition) is 0. The highest BCUT2D eigenvalue weighted by molar-refractivity contribution is 5.68. The number of carbonyl (C=O) groups excluding carboxylic acids is 1. The highest BCUT2D eigenvalue weighted by atomic mass is 16.6. The van der Waals surface area contributed by atoms with Gasteiger partial charge in [0.2, 0.25) is 0 Å². The highest BCUT2D eigenvalue weighted by Crippen LogP contribution is 2.39. The molecule has 0 aliphatic carbocycles. The van der Waals surface area contributed by atoms with Crippen molar-refractivity contribution < 1.29 is 9.53 Å². The molecule has 0 aromatic heterocycles. The van der Waals surface area contributed by atoms with Crippen molar-refractivity contribution in [3.63, 3.8) is 0 Å². The molecule has 3 nitrogen and oxygen atoms in total. The number of nitrogens with zero attached hydrogens (tertiary/aromatic N) is 1. The maximum Gasteiger partial charge on any atom is 0.410 e. The van der Waals surface area contributed by atoms with Crippen molar-refractivity contribution in [1.82, 2.24) is 4.90 Å². The van der Waals surface area contributed by atoms with E-state index in [9.17, 15) is 4.79 Å². The van der Waals surface area contributed by atoms with Gasteiger partial charge in [-0.15, -0.1) is 6.58 Å². The van der Waals surface area contributed by atoms with Crippen molar-refractivity contribution in [1.29, 1.82) is 0 Å². The first-order valence-electron chi connectivity index (χ1n) is 7.41.